The van der Waals surface area contributed by atoms with E-state index in [1.807, 2.05) is 46.9 Å². The quantitative estimate of drug-likeness (QED) is 0.397. The summed E-state index contributed by atoms with van der Waals surface area (Å²) in [5.74, 6) is 0.731. The van der Waals surface area contributed by atoms with Crippen LogP contribution < -0.4 is 4.74 Å². The van der Waals surface area contributed by atoms with Crippen LogP contribution in [0.1, 0.15) is 46.2 Å². The minimum Gasteiger partial charge on any atom is -0.434 e. The van der Waals surface area contributed by atoms with E-state index in [4.69, 9.17) is 4.74 Å². The number of ether oxygens (including phenoxy) is 1. The SMILES string of the molecule is Cc1nccn1Cc1ccccc1C(=O)N1CCC[C@@H](c2nccnc2Oc2ccccc2F)C1. The van der Waals surface area contributed by atoms with E-state index in [-0.39, 0.29) is 23.5 Å². The molecule has 8 heteroatoms. The second-order valence-corrected chi connectivity index (χ2v) is 8.63. The average molecular weight is 472 g/mol. The number of hydrogen-bond donors (Lipinski definition) is 0. The van der Waals surface area contributed by atoms with Crippen molar-refractivity contribution in [1.82, 2.24) is 24.4 Å². The third-order valence-electron chi connectivity index (χ3n) is 6.34. The number of hydrogen-bond acceptors (Lipinski definition) is 5. The van der Waals surface area contributed by atoms with Crippen LogP contribution in [0.2, 0.25) is 0 Å². The van der Waals surface area contributed by atoms with E-state index in [0.29, 0.717) is 30.9 Å². The summed E-state index contributed by atoms with van der Waals surface area (Å²) in [7, 11) is 0. The van der Waals surface area contributed by atoms with Gasteiger partial charge in [0.05, 0.1) is 0 Å². The maximum absolute atomic E-state index is 14.2. The number of benzene rings is 2. The fourth-order valence-corrected chi connectivity index (χ4v) is 4.50. The van der Waals surface area contributed by atoms with Crippen LogP contribution in [0.4, 0.5) is 4.39 Å². The summed E-state index contributed by atoms with van der Waals surface area (Å²) in [4.78, 5) is 28.6. The molecule has 0 radical (unpaired) electrons. The molecule has 0 saturated carbocycles. The van der Waals surface area contributed by atoms with E-state index in [2.05, 4.69) is 15.0 Å². The van der Waals surface area contributed by atoms with Crippen molar-refractivity contribution in [3.8, 4) is 11.6 Å². The van der Waals surface area contributed by atoms with Crippen LogP contribution in [-0.2, 0) is 6.54 Å². The van der Waals surface area contributed by atoms with E-state index >= 15 is 0 Å². The molecule has 1 saturated heterocycles. The number of amides is 1. The maximum Gasteiger partial charge on any atom is 0.254 e. The number of rotatable bonds is 6. The summed E-state index contributed by atoms with van der Waals surface area (Å²) in [6.45, 7) is 3.68. The molecule has 1 amide bonds. The molecule has 1 atom stereocenters. The molecule has 0 unspecified atom stereocenters. The second-order valence-electron chi connectivity index (χ2n) is 8.63. The number of aromatic nitrogens is 4. The summed E-state index contributed by atoms with van der Waals surface area (Å²) in [6, 6.07) is 13.9. The Bertz CT molecular complexity index is 1340. The smallest absolute Gasteiger partial charge is 0.254 e. The predicted octanol–water partition coefficient (Wildman–Crippen LogP) is 4.98. The Morgan fingerprint density at radius 3 is 2.69 bits per heavy atom. The molecule has 1 aliphatic heterocycles. The number of aryl methyl sites for hydroxylation is 1. The van der Waals surface area contributed by atoms with Gasteiger partial charge in [-0.15, -0.1) is 0 Å². The second kappa shape index (κ2) is 10.0. The number of likely N-dealkylation sites (tertiary alicyclic amines) is 1. The van der Waals surface area contributed by atoms with Crippen molar-refractivity contribution in [2.75, 3.05) is 13.1 Å². The molecule has 0 spiro atoms. The first-order valence-corrected chi connectivity index (χ1v) is 11.7. The molecule has 5 rings (SSSR count). The number of nitrogens with zero attached hydrogens (tertiary/aromatic N) is 5. The Hall–Kier alpha value is -4.07. The van der Waals surface area contributed by atoms with Crippen LogP contribution in [0.15, 0.2) is 73.3 Å². The number of carbonyl (C=O) groups is 1. The highest BCUT2D eigenvalue weighted by Gasteiger charge is 2.30. The van der Waals surface area contributed by atoms with E-state index < -0.39 is 5.82 Å². The van der Waals surface area contributed by atoms with Crippen molar-refractivity contribution >= 4 is 5.91 Å². The predicted molar refractivity (Wildman–Crippen MR) is 129 cm³/mol. The molecule has 178 valence electrons. The summed E-state index contributed by atoms with van der Waals surface area (Å²) in [5.41, 5.74) is 2.27. The third kappa shape index (κ3) is 4.91. The minimum absolute atomic E-state index is 0.0106. The van der Waals surface area contributed by atoms with Crippen molar-refractivity contribution in [3.63, 3.8) is 0 Å². The topological polar surface area (TPSA) is 73.1 Å². The van der Waals surface area contributed by atoms with Gasteiger partial charge in [0.15, 0.2) is 11.6 Å². The fourth-order valence-electron chi connectivity index (χ4n) is 4.50. The van der Waals surface area contributed by atoms with Crippen molar-refractivity contribution in [1.29, 1.82) is 0 Å². The molecule has 1 fully saturated rings. The fraction of sp³-hybridized carbons (Fsp3) is 0.259. The van der Waals surface area contributed by atoms with Crippen LogP contribution in [0.3, 0.4) is 0 Å². The van der Waals surface area contributed by atoms with Crippen molar-refractivity contribution < 1.29 is 13.9 Å². The first-order valence-electron chi connectivity index (χ1n) is 11.7. The Labute approximate surface area is 203 Å². The lowest BCUT2D eigenvalue weighted by Gasteiger charge is -2.33. The molecule has 4 aromatic rings. The summed E-state index contributed by atoms with van der Waals surface area (Å²) < 4.78 is 22.0. The lowest BCUT2D eigenvalue weighted by atomic mass is 9.93. The van der Waals surface area contributed by atoms with Crippen molar-refractivity contribution in [2.24, 2.45) is 0 Å². The van der Waals surface area contributed by atoms with Gasteiger partial charge in [-0.2, -0.15) is 0 Å². The monoisotopic (exact) mass is 471 g/mol. The van der Waals surface area contributed by atoms with Gasteiger partial charge in [-0.3, -0.25) is 9.78 Å². The Kier molecular flexibility index (Phi) is 6.52. The molecule has 7 nitrogen and oxygen atoms in total. The highest BCUT2D eigenvalue weighted by molar-refractivity contribution is 5.95. The van der Waals surface area contributed by atoms with E-state index in [0.717, 1.165) is 24.2 Å². The molecule has 0 aliphatic carbocycles. The molecule has 2 aromatic heterocycles. The number of para-hydroxylation sites is 1. The van der Waals surface area contributed by atoms with Gasteiger partial charge in [0.25, 0.3) is 5.91 Å². The van der Waals surface area contributed by atoms with Gasteiger partial charge in [-0.05, 0) is 43.5 Å². The van der Waals surface area contributed by atoms with Gasteiger partial charge in [-0.25, -0.2) is 14.4 Å². The van der Waals surface area contributed by atoms with Gasteiger partial charge in [0.1, 0.15) is 11.5 Å². The van der Waals surface area contributed by atoms with Gasteiger partial charge in [-0.1, -0.05) is 30.3 Å². The number of piperidine rings is 1. The lowest BCUT2D eigenvalue weighted by molar-refractivity contribution is 0.0703. The molecule has 3 heterocycles. The Morgan fingerprint density at radius 1 is 1.06 bits per heavy atom. The Balaban J connectivity index is 1.37. The highest BCUT2D eigenvalue weighted by Crippen LogP contribution is 2.34. The molecule has 0 bridgehead atoms. The standard InChI is InChI=1S/C27H26FN5O2/c1-19-29-14-16-32(19)17-20-7-2-3-9-22(20)27(34)33-15-6-8-21(18-33)25-26(31-13-12-30-25)35-24-11-5-4-10-23(24)28/h2-5,7,9-14,16,21H,6,8,15,17-18H2,1H3/t21-/m1/s1. The molecular formula is C27H26FN5O2. The zero-order chi connectivity index (χ0) is 24.2. The van der Waals surface area contributed by atoms with Crippen LogP contribution in [0, 0.1) is 12.7 Å². The average Bonchev–Trinajstić information content (AvgIpc) is 3.30. The molecule has 35 heavy (non-hydrogen) atoms. The molecule has 0 N–H and O–H groups in total. The van der Waals surface area contributed by atoms with E-state index in [1.54, 1.807) is 30.6 Å². The zero-order valence-electron chi connectivity index (χ0n) is 19.5. The number of carbonyl (C=O) groups excluding carboxylic acids is 1. The number of imidazole rings is 1. The largest absolute Gasteiger partial charge is 0.434 e. The van der Waals surface area contributed by atoms with Crippen LogP contribution in [-0.4, -0.2) is 43.4 Å². The van der Waals surface area contributed by atoms with Crippen LogP contribution in [0.5, 0.6) is 11.6 Å². The minimum atomic E-state index is -0.464. The molecule has 2 aromatic carbocycles. The van der Waals surface area contributed by atoms with Crippen molar-refractivity contribution in [2.45, 2.75) is 32.2 Å². The number of halogens is 1. The van der Waals surface area contributed by atoms with Crippen LogP contribution in [0.25, 0.3) is 0 Å². The maximum atomic E-state index is 14.2. The zero-order valence-corrected chi connectivity index (χ0v) is 19.5. The van der Waals surface area contributed by atoms with Gasteiger partial charge < -0.3 is 14.2 Å². The lowest BCUT2D eigenvalue weighted by Crippen LogP contribution is -2.39. The van der Waals surface area contributed by atoms with E-state index in [1.165, 1.54) is 12.3 Å². The molecule has 1 aliphatic rings. The summed E-state index contributed by atoms with van der Waals surface area (Å²) in [5, 5.41) is 0. The van der Waals surface area contributed by atoms with Gasteiger partial charge in [0, 0.05) is 55.9 Å². The first-order chi connectivity index (χ1) is 17.1. The molecular weight excluding hydrogens is 445 g/mol. The highest BCUT2D eigenvalue weighted by atomic mass is 19.1. The van der Waals surface area contributed by atoms with Crippen molar-refractivity contribution in [3.05, 3.63) is 102 Å². The van der Waals surface area contributed by atoms with Crippen LogP contribution >= 0.6 is 0 Å². The van der Waals surface area contributed by atoms with Gasteiger partial charge in [0.2, 0.25) is 5.88 Å². The normalized spacial score (nSPS) is 15.7. The van der Waals surface area contributed by atoms with E-state index in [9.17, 15) is 9.18 Å². The Morgan fingerprint density at radius 2 is 1.86 bits per heavy atom. The third-order valence-corrected chi connectivity index (χ3v) is 6.34. The summed E-state index contributed by atoms with van der Waals surface area (Å²) >= 11 is 0. The summed E-state index contributed by atoms with van der Waals surface area (Å²) in [6.07, 6.45) is 8.48. The van der Waals surface area contributed by atoms with Gasteiger partial charge >= 0.3 is 0 Å². The first kappa shape index (κ1) is 22.7.